The fourth-order valence-electron chi connectivity index (χ4n) is 3.48. The first-order valence-electron chi connectivity index (χ1n) is 9.30. The van der Waals surface area contributed by atoms with E-state index in [2.05, 4.69) is 50.6 Å². The number of aromatic nitrogens is 5. The summed E-state index contributed by atoms with van der Waals surface area (Å²) in [5.74, 6) is 4.50. The van der Waals surface area contributed by atoms with Crippen LogP contribution < -0.4 is 9.80 Å². The minimum atomic E-state index is 0.458. The molecule has 0 aromatic carbocycles. The fraction of sp³-hybridized carbons (Fsp3) is 0.667. The highest BCUT2D eigenvalue weighted by atomic mass is 15.3. The Labute approximate surface area is 155 Å². The monoisotopic (exact) mass is 358 g/mol. The predicted molar refractivity (Wildman–Crippen MR) is 104 cm³/mol. The minimum Gasteiger partial charge on any atom is -0.361 e. The number of rotatable bonds is 6. The van der Waals surface area contributed by atoms with Gasteiger partial charge in [0.05, 0.1) is 18.9 Å². The second-order valence-corrected chi connectivity index (χ2v) is 7.35. The molecule has 1 saturated heterocycles. The van der Waals surface area contributed by atoms with Gasteiger partial charge in [0, 0.05) is 39.6 Å². The van der Waals surface area contributed by atoms with Crippen LogP contribution in [0.1, 0.15) is 37.3 Å². The van der Waals surface area contributed by atoms with Gasteiger partial charge in [0.25, 0.3) is 0 Å². The van der Waals surface area contributed by atoms with Crippen LogP contribution in [0.15, 0.2) is 12.4 Å². The van der Waals surface area contributed by atoms with Crippen molar-refractivity contribution in [2.75, 3.05) is 51.1 Å². The highest BCUT2D eigenvalue weighted by molar-refractivity contribution is 5.45. The van der Waals surface area contributed by atoms with Gasteiger partial charge in [-0.3, -0.25) is 4.98 Å². The van der Waals surface area contributed by atoms with Crippen molar-refractivity contribution in [1.29, 1.82) is 0 Å². The molecule has 0 N–H and O–H groups in total. The van der Waals surface area contributed by atoms with Crippen LogP contribution in [0.2, 0.25) is 0 Å². The van der Waals surface area contributed by atoms with E-state index in [9.17, 15) is 0 Å². The summed E-state index contributed by atoms with van der Waals surface area (Å²) in [5.41, 5.74) is 0. The Kier molecular flexibility index (Phi) is 5.70. The first-order chi connectivity index (χ1) is 12.5. The lowest BCUT2D eigenvalue weighted by atomic mass is 9.96. The Morgan fingerprint density at radius 3 is 2.42 bits per heavy atom. The molecule has 3 rings (SSSR count). The van der Waals surface area contributed by atoms with Gasteiger partial charge in [-0.2, -0.15) is 0 Å². The van der Waals surface area contributed by atoms with Crippen molar-refractivity contribution in [1.82, 2.24) is 29.6 Å². The molecule has 0 unspecified atom stereocenters. The first kappa shape index (κ1) is 18.6. The molecule has 26 heavy (non-hydrogen) atoms. The molecule has 0 radical (unpaired) electrons. The smallest absolute Gasteiger partial charge is 0.149 e. The average Bonchev–Trinajstić information content (AvgIpc) is 3.03. The third kappa shape index (κ3) is 3.95. The van der Waals surface area contributed by atoms with Gasteiger partial charge in [-0.1, -0.05) is 0 Å². The van der Waals surface area contributed by atoms with Crippen LogP contribution in [0, 0.1) is 0 Å². The average molecular weight is 358 g/mol. The van der Waals surface area contributed by atoms with Crippen LogP contribution in [0.25, 0.3) is 0 Å². The quantitative estimate of drug-likeness (QED) is 0.777. The first-order valence-corrected chi connectivity index (χ1v) is 9.30. The molecule has 0 saturated carbocycles. The van der Waals surface area contributed by atoms with Gasteiger partial charge in [-0.25, -0.2) is 4.98 Å². The normalized spacial score (nSPS) is 15.7. The summed E-state index contributed by atoms with van der Waals surface area (Å²) in [7, 11) is 8.11. The van der Waals surface area contributed by atoms with Crippen molar-refractivity contribution in [3.8, 4) is 0 Å². The molecule has 2 aromatic heterocycles. The van der Waals surface area contributed by atoms with Crippen LogP contribution in [0.4, 0.5) is 11.6 Å². The largest absolute Gasteiger partial charge is 0.361 e. The lowest BCUT2D eigenvalue weighted by Crippen LogP contribution is -2.34. The molecular weight excluding hydrogens is 328 g/mol. The second-order valence-electron chi connectivity index (χ2n) is 7.35. The lowest BCUT2D eigenvalue weighted by Gasteiger charge is -2.32. The molecule has 2 aromatic rings. The van der Waals surface area contributed by atoms with E-state index < -0.39 is 0 Å². The number of hydrogen-bond donors (Lipinski definition) is 0. The zero-order valence-corrected chi connectivity index (χ0v) is 16.6. The summed E-state index contributed by atoms with van der Waals surface area (Å²) >= 11 is 0. The Bertz CT molecular complexity index is 716. The Morgan fingerprint density at radius 1 is 1.08 bits per heavy atom. The standard InChI is InChI=1S/C18H30N8/c1-6-26-17(13-23(2)3)21-22-18(26)14-7-9-25(10-8-14)16-12-19-11-15(20-16)24(4)5/h11-12,14H,6-10,13H2,1-5H3. The van der Waals surface area contributed by atoms with Gasteiger partial charge in [-0.05, 0) is 33.9 Å². The van der Waals surface area contributed by atoms with Gasteiger partial charge < -0.3 is 19.3 Å². The third-order valence-corrected chi connectivity index (χ3v) is 4.88. The van der Waals surface area contributed by atoms with E-state index in [0.717, 1.165) is 62.3 Å². The van der Waals surface area contributed by atoms with Crippen LogP contribution in [0.3, 0.4) is 0 Å². The maximum atomic E-state index is 4.71. The van der Waals surface area contributed by atoms with E-state index in [1.807, 2.05) is 25.2 Å². The number of piperidine rings is 1. The van der Waals surface area contributed by atoms with Gasteiger partial charge in [0.1, 0.15) is 23.3 Å². The van der Waals surface area contributed by atoms with E-state index in [-0.39, 0.29) is 0 Å². The molecule has 8 heteroatoms. The third-order valence-electron chi connectivity index (χ3n) is 4.88. The van der Waals surface area contributed by atoms with Crippen LogP contribution >= 0.6 is 0 Å². The van der Waals surface area contributed by atoms with Crippen LogP contribution in [-0.4, -0.2) is 70.9 Å². The van der Waals surface area contributed by atoms with Crippen molar-refractivity contribution in [2.24, 2.45) is 0 Å². The number of hydrogen-bond acceptors (Lipinski definition) is 7. The van der Waals surface area contributed by atoms with E-state index in [1.165, 1.54) is 0 Å². The molecule has 0 atom stereocenters. The van der Waals surface area contributed by atoms with E-state index in [1.54, 1.807) is 6.20 Å². The maximum Gasteiger partial charge on any atom is 0.149 e. The van der Waals surface area contributed by atoms with Crippen molar-refractivity contribution in [2.45, 2.75) is 38.8 Å². The zero-order chi connectivity index (χ0) is 18.7. The maximum absolute atomic E-state index is 4.71. The van der Waals surface area contributed by atoms with E-state index in [4.69, 9.17) is 4.98 Å². The van der Waals surface area contributed by atoms with Gasteiger partial charge in [0.2, 0.25) is 0 Å². The van der Waals surface area contributed by atoms with E-state index in [0.29, 0.717) is 5.92 Å². The molecule has 8 nitrogen and oxygen atoms in total. The topological polar surface area (TPSA) is 66.2 Å². The number of anilines is 2. The summed E-state index contributed by atoms with van der Waals surface area (Å²) < 4.78 is 2.28. The minimum absolute atomic E-state index is 0.458. The Hall–Kier alpha value is -2.22. The summed E-state index contributed by atoms with van der Waals surface area (Å²) in [6.45, 7) is 5.85. The SMILES string of the molecule is CCn1c(CN(C)C)nnc1C1CCN(c2cncc(N(C)C)n2)CC1. The van der Waals surface area contributed by atoms with E-state index >= 15 is 0 Å². The Morgan fingerprint density at radius 2 is 1.81 bits per heavy atom. The molecule has 0 spiro atoms. The number of nitrogens with zero attached hydrogens (tertiary/aromatic N) is 8. The zero-order valence-electron chi connectivity index (χ0n) is 16.6. The van der Waals surface area contributed by atoms with Crippen molar-refractivity contribution in [3.63, 3.8) is 0 Å². The molecular formula is C18H30N8. The van der Waals surface area contributed by atoms with Gasteiger partial charge in [0.15, 0.2) is 0 Å². The van der Waals surface area contributed by atoms with Gasteiger partial charge >= 0.3 is 0 Å². The van der Waals surface area contributed by atoms with Gasteiger partial charge in [-0.15, -0.1) is 10.2 Å². The fourth-order valence-corrected chi connectivity index (χ4v) is 3.48. The summed E-state index contributed by atoms with van der Waals surface area (Å²) in [6.07, 6.45) is 5.78. The molecule has 1 fully saturated rings. The van der Waals surface area contributed by atoms with Crippen molar-refractivity contribution >= 4 is 11.6 Å². The summed E-state index contributed by atoms with van der Waals surface area (Å²) in [5, 5.41) is 8.97. The Balaban J connectivity index is 1.69. The molecule has 0 aliphatic carbocycles. The van der Waals surface area contributed by atoms with Crippen molar-refractivity contribution in [3.05, 3.63) is 24.0 Å². The molecule has 1 aliphatic rings. The molecule has 142 valence electrons. The highest BCUT2D eigenvalue weighted by Gasteiger charge is 2.26. The highest BCUT2D eigenvalue weighted by Crippen LogP contribution is 2.29. The van der Waals surface area contributed by atoms with Crippen LogP contribution in [0.5, 0.6) is 0 Å². The molecule has 0 amide bonds. The van der Waals surface area contributed by atoms with Crippen LogP contribution in [-0.2, 0) is 13.1 Å². The molecule has 0 bridgehead atoms. The summed E-state index contributed by atoms with van der Waals surface area (Å²) in [6, 6.07) is 0. The lowest BCUT2D eigenvalue weighted by molar-refractivity contribution is 0.377. The summed E-state index contributed by atoms with van der Waals surface area (Å²) in [4.78, 5) is 15.5. The molecule has 1 aliphatic heterocycles. The predicted octanol–water partition coefficient (Wildman–Crippen LogP) is 1.60. The van der Waals surface area contributed by atoms with Crippen molar-refractivity contribution < 1.29 is 0 Å². The molecule has 3 heterocycles. The second kappa shape index (κ2) is 7.99.